The third kappa shape index (κ3) is 2.92. The van der Waals surface area contributed by atoms with E-state index in [1.807, 2.05) is 0 Å². The average molecular weight is 379 g/mol. The molecule has 4 rings (SSSR count). The van der Waals surface area contributed by atoms with Gasteiger partial charge in [-0.15, -0.1) is 11.3 Å². The second-order valence-electron chi connectivity index (χ2n) is 5.63. The van der Waals surface area contributed by atoms with Crippen molar-refractivity contribution in [3.05, 3.63) is 39.2 Å². The molecule has 1 aliphatic rings. The highest BCUT2D eigenvalue weighted by Crippen LogP contribution is 2.36. The second kappa shape index (κ2) is 5.88. The van der Waals surface area contributed by atoms with Crippen molar-refractivity contribution in [2.75, 3.05) is 5.73 Å². The first-order chi connectivity index (χ1) is 11.5. The molecule has 0 spiro atoms. The van der Waals surface area contributed by atoms with Crippen molar-refractivity contribution in [2.24, 2.45) is 0 Å². The number of nitrogens with two attached hydrogens (primary N) is 1. The van der Waals surface area contributed by atoms with Crippen LogP contribution in [-0.4, -0.2) is 21.9 Å². The van der Waals surface area contributed by atoms with Crippen LogP contribution in [0.4, 0.5) is 5.95 Å². The summed E-state index contributed by atoms with van der Waals surface area (Å²) in [7, 11) is 0. The number of nitrogens with zero attached hydrogens (tertiary/aromatic N) is 2. The van der Waals surface area contributed by atoms with E-state index >= 15 is 0 Å². The summed E-state index contributed by atoms with van der Waals surface area (Å²) in [5.74, 6) is 0.0479. The number of amides is 1. The maximum absolute atomic E-state index is 12.3. The van der Waals surface area contributed by atoms with Crippen LogP contribution in [0, 0.1) is 0 Å². The smallest absolute Gasteiger partial charge is 0.261 e. The van der Waals surface area contributed by atoms with E-state index in [1.54, 1.807) is 24.3 Å². The molecule has 8 heteroatoms. The van der Waals surface area contributed by atoms with Gasteiger partial charge in [-0.05, 0) is 37.1 Å². The number of benzene rings is 1. The van der Waals surface area contributed by atoms with E-state index in [2.05, 4.69) is 15.3 Å². The van der Waals surface area contributed by atoms with E-state index < -0.39 is 0 Å². The van der Waals surface area contributed by atoms with Gasteiger partial charge in [0, 0.05) is 22.0 Å². The van der Waals surface area contributed by atoms with E-state index in [1.165, 1.54) is 11.3 Å². The third-order valence-corrected chi connectivity index (χ3v) is 5.31. The van der Waals surface area contributed by atoms with Crippen molar-refractivity contribution in [3.8, 4) is 11.3 Å². The lowest BCUT2D eigenvalue weighted by Gasteiger charge is -2.06. The number of fused-ring (bicyclic) bond motifs is 1. The van der Waals surface area contributed by atoms with E-state index in [0.717, 1.165) is 18.2 Å². The SMILES string of the molecule is Nc1nc(-c2ccc(Cl)cc2Cl)c2cc(C(=O)NC3CC3)sc2n1. The first-order valence-corrected chi connectivity index (χ1v) is 8.92. The van der Waals surface area contributed by atoms with Gasteiger partial charge in [0.1, 0.15) is 4.83 Å². The number of anilines is 1. The molecule has 122 valence electrons. The highest BCUT2D eigenvalue weighted by Gasteiger charge is 2.25. The molecule has 3 aromatic rings. The van der Waals surface area contributed by atoms with Crippen LogP contribution in [0.15, 0.2) is 24.3 Å². The Balaban J connectivity index is 1.85. The maximum Gasteiger partial charge on any atom is 0.261 e. The lowest BCUT2D eigenvalue weighted by atomic mass is 10.1. The van der Waals surface area contributed by atoms with Crippen LogP contribution in [0.25, 0.3) is 21.5 Å². The first-order valence-electron chi connectivity index (χ1n) is 7.34. The third-order valence-electron chi connectivity index (χ3n) is 3.73. The summed E-state index contributed by atoms with van der Waals surface area (Å²) in [6, 6.07) is 7.25. The van der Waals surface area contributed by atoms with Gasteiger partial charge in [-0.1, -0.05) is 23.2 Å². The summed E-state index contributed by atoms with van der Waals surface area (Å²) in [6.07, 6.45) is 2.07. The number of halogens is 2. The Morgan fingerprint density at radius 1 is 1.25 bits per heavy atom. The van der Waals surface area contributed by atoms with Crippen molar-refractivity contribution in [3.63, 3.8) is 0 Å². The summed E-state index contributed by atoms with van der Waals surface area (Å²) >= 11 is 13.6. The standard InChI is InChI=1S/C16H12Cl2N4OS/c17-7-1-4-9(11(18)5-7)13-10-6-12(14(23)20-8-2-3-8)24-15(10)22-16(19)21-13/h1,4-6,8H,2-3H2,(H,20,23)(H2,19,21,22). The number of thiophene rings is 1. The van der Waals surface area contributed by atoms with Crippen LogP contribution >= 0.6 is 34.5 Å². The number of nitrogens with one attached hydrogen (secondary N) is 1. The summed E-state index contributed by atoms with van der Waals surface area (Å²) in [6.45, 7) is 0. The van der Waals surface area contributed by atoms with E-state index in [9.17, 15) is 4.79 Å². The molecule has 1 saturated carbocycles. The van der Waals surface area contributed by atoms with Gasteiger partial charge in [0.15, 0.2) is 0 Å². The minimum atomic E-state index is -0.0905. The van der Waals surface area contributed by atoms with Crippen molar-refractivity contribution < 1.29 is 4.79 Å². The quantitative estimate of drug-likeness (QED) is 0.717. The van der Waals surface area contributed by atoms with Crippen LogP contribution in [-0.2, 0) is 0 Å². The predicted molar refractivity (Wildman–Crippen MR) is 97.8 cm³/mol. The van der Waals surface area contributed by atoms with Crippen molar-refractivity contribution in [1.29, 1.82) is 0 Å². The Labute approximate surface area is 151 Å². The lowest BCUT2D eigenvalue weighted by Crippen LogP contribution is -2.24. The highest BCUT2D eigenvalue weighted by molar-refractivity contribution is 7.20. The topological polar surface area (TPSA) is 80.9 Å². The number of hydrogen-bond donors (Lipinski definition) is 2. The molecule has 3 N–H and O–H groups in total. The molecule has 24 heavy (non-hydrogen) atoms. The summed E-state index contributed by atoms with van der Waals surface area (Å²) in [4.78, 5) is 22.1. The normalized spacial score (nSPS) is 14.1. The number of rotatable bonds is 3. The van der Waals surface area contributed by atoms with Gasteiger partial charge >= 0.3 is 0 Å². The number of hydrogen-bond acceptors (Lipinski definition) is 5. The Morgan fingerprint density at radius 3 is 2.75 bits per heavy atom. The Bertz CT molecular complexity index is 968. The fourth-order valence-electron chi connectivity index (χ4n) is 2.42. The number of carbonyl (C=O) groups excluding carboxylic acids is 1. The molecule has 5 nitrogen and oxygen atoms in total. The minimum absolute atomic E-state index is 0.0905. The Kier molecular flexibility index (Phi) is 3.83. The second-order valence-corrected chi connectivity index (χ2v) is 7.51. The van der Waals surface area contributed by atoms with E-state index in [-0.39, 0.29) is 11.9 Å². The Morgan fingerprint density at radius 2 is 2.04 bits per heavy atom. The molecule has 0 bridgehead atoms. The highest BCUT2D eigenvalue weighted by atomic mass is 35.5. The molecular weight excluding hydrogens is 367 g/mol. The minimum Gasteiger partial charge on any atom is -0.368 e. The molecular formula is C16H12Cl2N4OS. The molecule has 0 saturated heterocycles. The molecule has 0 aliphatic heterocycles. The Hall–Kier alpha value is -1.89. The van der Waals surface area contributed by atoms with Crippen LogP contribution in [0.5, 0.6) is 0 Å². The number of nitrogen functional groups attached to an aromatic ring is 1. The van der Waals surface area contributed by atoms with Crippen LogP contribution in [0.3, 0.4) is 0 Å². The zero-order valence-electron chi connectivity index (χ0n) is 12.3. The van der Waals surface area contributed by atoms with Crippen LogP contribution in [0.1, 0.15) is 22.5 Å². The number of carbonyl (C=O) groups is 1. The molecule has 0 radical (unpaired) electrons. The summed E-state index contributed by atoms with van der Waals surface area (Å²) in [5.41, 5.74) is 7.13. The van der Waals surface area contributed by atoms with Crippen LogP contribution in [0.2, 0.25) is 10.0 Å². The monoisotopic (exact) mass is 378 g/mol. The molecule has 2 heterocycles. The van der Waals surface area contributed by atoms with Gasteiger partial charge in [0.05, 0.1) is 15.6 Å². The zero-order valence-corrected chi connectivity index (χ0v) is 14.7. The summed E-state index contributed by atoms with van der Waals surface area (Å²) in [5, 5.41) is 4.73. The lowest BCUT2D eigenvalue weighted by molar-refractivity contribution is 0.0955. The summed E-state index contributed by atoms with van der Waals surface area (Å²) < 4.78 is 0. The molecule has 1 fully saturated rings. The van der Waals surface area contributed by atoms with Crippen molar-refractivity contribution in [2.45, 2.75) is 18.9 Å². The molecule has 1 aromatic carbocycles. The number of aromatic nitrogens is 2. The molecule has 1 aliphatic carbocycles. The van der Waals surface area contributed by atoms with Crippen molar-refractivity contribution in [1.82, 2.24) is 15.3 Å². The molecule has 1 amide bonds. The van der Waals surface area contributed by atoms with Gasteiger partial charge in [-0.2, -0.15) is 0 Å². The van der Waals surface area contributed by atoms with Crippen molar-refractivity contribution >= 4 is 56.6 Å². The van der Waals surface area contributed by atoms with Gasteiger partial charge < -0.3 is 11.1 Å². The fourth-order valence-corrected chi connectivity index (χ4v) is 3.86. The maximum atomic E-state index is 12.3. The molecule has 0 atom stereocenters. The van der Waals surface area contributed by atoms with Gasteiger partial charge in [0.2, 0.25) is 5.95 Å². The fraction of sp³-hybridized carbons (Fsp3) is 0.188. The zero-order chi connectivity index (χ0) is 16.8. The average Bonchev–Trinajstić information content (AvgIpc) is 3.22. The van der Waals surface area contributed by atoms with Crippen LogP contribution < -0.4 is 11.1 Å². The molecule has 0 unspecified atom stereocenters. The first kappa shape index (κ1) is 15.6. The van der Waals surface area contributed by atoms with Gasteiger partial charge in [0.25, 0.3) is 5.91 Å². The largest absolute Gasteiger partial charge is 0.368 e. The predicted octanol–water partition coefficient (Wildman–Crippen LogP) is 4.14. The van der Waals surface area contributed by atoms with E-state index in [0.29, 0.717) is 37.1 Å². The van der Waals surface area contributed by atoms with Gasteiger partial charge in [-0.25, -0.2) is 9.97 Å². The van der Waals surface area contributed by atoms with Gasteiger partial charge in [-0.3, -0.25) is 4.79 Å². The molecule has 2 aromatic heterocycles. The van der Waals surface area contributed by atoms with E-state index in [4.69, 9.17) is 28.9 Å².